The molecule has 1 heterocycles. The van der Waals surface area contributed by atoms with Crippen molar-refractivity contribution in [3.8, 4) is 22.6 Å². The van der Waals surface area contributed by atoms with Gasteiger partial charge >= 0.3 is 0 Å². The van der Waals surface area contributed by atoms with E-state index in [4.69, 9.17) is 9.47 Å². The molecular weight excluding hydrogens is 342 g/mol. The van der Waals surface area contributed by atoms with E-state index in [1.165, 1.54) is 0 Å². The molecule has 1 aliphatic rings. The zero-order valence-corrected chi connectivity index (χ0v) is 16.4. The fourth-order valence-electron chi connectivity index (χ4n) is 3.46. The summed E-state index contributed by atoms with van der Waals surface area (Å²) in [6, 6.07) is 11.7. The van der Waals surface area contributed by atoms with Crippen molar-refractivity contribution >= 4 is 5.91 Å². The number of aromatic hydroxyl groups is 1. The quantitative estimate of drug-likeness (QED) is 0.888. The largest absolute Gasteiger partial charge is 0.504 e. The molecule has 144 valence electrons. The van der Waals surface area contributed by atoms with Gasteiger partial charge in [-0.1, -0.05) is 24.3 Å². The Morgan fingerprint density at radius 3 is 2.67 bits per heavy atom. The molecule has 27 heavy (non-hydrogen) atoms. The van der Waals surface area contributed by atoms with Gasteiger partial charge in [-0.2, -0.15) is 0 Å². The van der Waals surface area contributed by atoms with Crippen molar-refractivity contribution in [2.75, 3.05) is 13.2 Å². The third-order valence-electron chi connectivity index (χ3n) is 4.71. The van der Waals surface area contributed by atoms with Crippen LogP contribution in [0.3, 0.4) is 0 Å². The van der Waals surface area contributed by atoms with Gasteiger partial charge in [0.05, 0.1) is 12.6 Å². The number of hydrogen-bond acceptors (Lipinski definition) is 4. The van der Waals surface area contributed by atoms with Crippen molar-refractivity contribution in [3.63, 3.8) is 0 Å². The Hall–Kier alpha value is -2.53. The maximum atomic E-state index is 12.8. The molecule has 5 heteroatoms. The van der Waals surface area contributed by atoms with Gasteiger partial charge < -0.3 is 19.5 Å². The Morgan fingerprint density at radius 2 is 1.96 bits per heavy atom. The maximum Gasteiger partial charge on any atom is 0.251 e. The molecule has 0 aromatic heterocycles. The molecule has 1 aliphatic heterocycles. The first-order valence-electron chi connectivity index (χ1n) is 9.35. The van der Waals surface area contributed by atoms with Gasteiger partial charge in [-0.3, -0.25) is 4.79 Å². The molecule has 1 atom stereocenters. The third kappa shape index (κ3) is 4.25. The van der Waals surface area contributed by atoms with Crippen LogP contribution in [0.2, 0.25) is 0 Å². The van der Waals surface area contributed by atoms with E-state index in [1.807, 2.05) is 51.1 Å². The second kappa shape index (κ2) is 8.01. The summed E-state index contributed by atoms with van der Waals surface area (Å²) >= 11 is 0. The predicted octanol–water partition coefficient (Wildman–Crippen LogP) is 3.90. The van der Waals surface area contributed by atoms with Gasteiger partial charge in [0.2, 0.25) is 0 Å². The van der Waals surface area contributed by atoms with Crippen LogP contribution < -0.4 is 4.74 Å². The van der Waals surface area contributed by atoms with Crippen LogP contribution in [0.1, 0.15) is 31.9 Å². The van der Waals surface area contributed by atoms with Crippen molar-refractivity contribution in [1.82, 2.24) is 4.90 Å². The first-order chi connectivity index (χ1) is 12.9. The van der Waals surface area contributed by atoms with Crippen molar-refractivity contribution in [2.24, 2.45) is 0 Å². The Morgan fingerprint density at radius 1 is 1.22 bits per heavy atom. The summed E-state index contributed by atoms with van der Waals surface area (Å²) in [4.78, 5) is 14.5. The number of aryl methyl sites for hydroxylation is 1. The summed E-state index contributed by atoms with van der Waals surface area (Å²) in [6.45, 7) is 8.82. The van der Waals surface area contributed by atoms with Crippen LogP contribution in [-0.4, -0.2) is 41.3 Å². The van der Waals surface area contributed by atoms with Gasteiger partial charge in [0, 0.05) is 12.1 Å². The van der Waals surface area contributed by atoms with Gasteiger partial charge in [-0.05, 0) is 56.5 Å². The third-order valence-corrected chi connectivity index (χ3v) is 4.71. The first-order valence-corrected chi connectivity index (χ1v) is 9.35. The minimum absolute atomic E-state index is 0.0174. The number of amides is 1. The molecule has 0 radical (unpaired) electrons. The summed E-state index contributed by atoms with van der Waals surface area (Å²) in [5, 5.41) is 10.5. The highest BCUT2D eigenvalue weighted by molar-refractivity contribution is 5.81. The second-order valence-electron chi connectivity index (χ2n) is 7.23. The van der Waals surface area contributed by atoms with Crippen LogP contribution >= 0.6 is 0 Å². The number of nitrogens with zero attached hydrogens (tertiary/aromatic N) is 1. The molecule has 0 bridgehead atoms. The standard InChI is InChI=1S/C22H27NO4/c1-14(2)27-16(4)22(25)23-9-10-26-21-18(13-23)11-17(12-20(21)24)19-8-6-5-7-15(19)3/h5-8,11-12,14,16,24H,9-10,13H2,1-4H3/t16-/m1/s1. The number of rotatable bonds is 4. The van der Waals surface area contributed by atoms with Crippen LogP contribution in [0, 0.1) is 6.92 Å². The lowest BCUT2D eigenvalue weighted by Crippen LogP contribution is -2.40. The Bertz CT molecular complexity index is 831. The minimum Gasteiger partial charge on any atom is -0.504 e. The van der Waals surface area contributed by atoms with E-state index in [-0.39, 0.29) is 17.8 Å². The van der Waals surface area contributed by atoms with Crippen LogP contribution in [0.5, 0.6) is 11.5 Å². The fraction of sp³-hybridized carbons (Fsp3) is 0.409. The summed E-state index contributed by atoms with van der Waals surface area (Å²) in [5.74, 6) is 0.493. The fourth-order valence-corrected chi connectivity index (χ4v) is 3.46. The minimum atomic E-state index is -0.514. The SMILES string of the molecule is Cc1ccccc1-c1cc(O)c2c(c1)CN(C(=O)[C@@H](C)OC(C)C)CCO2. The molecule has 1 N–H and O–H groups in total. The lowest BCUT2D eigenvalue weighted by Gasteiger charge is -2.25. The van der Waals surface area contributed by atoms with Gasteiger partial charge in [-0.25, -0.2) is 0 Å². The molecule has 0 unspecified atom stereocenters. The molecule has 0 aliphatic carbocycles. The van der Waals surface area contributed by atoms with E-state index in [9.17, 15) is 9.90 Å². The summed E-state index contributed by atoms with van der Waals surface area (Å²) in [6.07, 6.45) is -0.532. The summed E-state index contributed by atoms with van der Waals surface area (Å²) in [5.41, 5.74) is 3.89. The first kappa shape index (κ1) is 19.2. The lowest BCUT2D eigenvalue weighted by molar-refractivity contribution is -0.145. The number of hydrogen-bond donors (Lipinski definition) is 1. The highest BCUT2D eigenvalue weighted by Crippen LogP contribution is 2.38. The number of carbonyl (C=O) groups is 1. The average Bonchev–Trinajstić information content (AvgIpc) is 2.83. The van der Waals surface area contributed by atoms with Gasteiger partial charge in [0.15, 0.2) is 11.5 Å². The van der Waals surface area contributed by atoms with E-state index < -0.39 is 6.10 Å². The molecule has 0 saturated heterocycles. The molecule has 0 fully saturated rings. The van der Waals surface area contributed by atoms with Crippen LogP contribution in [-0.2, 0) is 16.1 Å². The second-order valence-corrected chi connectivity index (χ2v) is 7.23. The molecule has 0 saturated carbocycles. The Balaban J connectivity index is 1.92. The average molecular weight is 369 g/mol. The number of benzene rings is 2. The number of phenols is 1. The molecule has 2 aromatic carbocycles. The molecule has 2 aromatic rings. The molecule has 3 rings (SSSR count). The van der Waals surface area contributed by atoms with Crippen LogP contribution in [0.25, 0.3) is 11.1 Å². The van der Waals surface area contributed by atoms with Crippen molar-refractivity contribution in [2.45, 2.75) is 46.4 Å². The number of fused-ring (bicyclic) bond motifs is 1. The van der Waals surface area contributed by atoms with Crippen LogP contribution in [0.15, 0.2) is 36.4 Å². The predicted molar refractivity (Wildman–Crippen MR) is 105 cm³/mol. The van der Waals surface area contributed by atoms with E-state index in [1.54, 1.807) is 17.9 Å². The number of ether oxygens (including phenoxy) is 2. The normalized spacial score (nSPS) is 15.1. The van der Waals surface area contributed by atoms with Crippen molar-refractivity contribution < 1.29 is 19.4 Å². The summed E-state index contributed by atoms with van der Waals surface area (Å²) < 4.78 is 11.4. The van der Waals surface area contributed by atoms with Gasteiger partial charge in [0.25, 0.3) is 5.91 Å². The van der Waals surface area contributed by atoms with Gasteiger partial charge in [-0.15, -0.1) is 0 Å². The van der Waals surface area contributed by atoms with Gasteiger partial charge in [0.1, 0.15) is 12.7 Å². The summed E-state index contributed by atoms with van der Waals surface area (Å²) in [7, 11) is 0. The highest BCUT2D eigenvalue weighted by Gasteiger charge is 2.27. The molecule has 1 amide bonds. The molecule has 5 nitrogen and oxygen atoms in total. The van der Waals surface area contributed by atoms with E-state index in [0.717, 1.165) is 22.3 Å². The Labute approximate surface area is 160 Å². The van der Waals surface area contributed by atoms with Crippen LogP contribution in [0.4, 0.5) is 0 Å². The lowest BCUT2D eigenvalue weighted by atomic mass is 9.98. The van der Waals surface area contributed by atoms with E-state index in [0.29, 0.717) is 25.4 Å². The topological polar surface area (TPSA) is 59.0 Å². The molecule has 0 spiro atoms. The zero-order chi connectivity index (χ0) is 19.6. The number of phenolic OH excluding ortho intramolecular Hbond substituents is 1. The Kier molecular flexibility index (Phi) is 5.71. The smallest absolute Gasteiger partial charge is 0.251 e. The highest BCUT2D eigenvalue weighted by atomic mass is 16.5. The maximum absolute atomic E-state index is 12.8. The van der Waals surface area contributed by atoms with Crippen molar-refractivity contribution in [3.05, 3.63) is 47.5 Å². The van der Waals surface area contributed by atoms with Crippen molar-refractivity contribution in [1.29, 1.82) is 0 Å². The monoisotopic (exact) mass is 369 g/mol. The molecular formula is C22H27NO4. The van der Waals surface area contributed by atoms with E-state index in [2.05, 4.69) is 0 Å². The van der Waals surface area contributed by atoms with E-state index >= 15 is 0 Å². The number of carbonyl (C=O) groups excluding carboxylic acids is 1. The zero-order valence-electron chi connectivity index (χ0n) is 16.4.